The monoisotopic (exact) mass is 340 g/mol. The number of carbonyl (C=O) groups excluding carboxylic acids is 1. The van der Waals surface area contributed by atoms with Crippen LogP contribution in [0.4, 0.5) is 5.95 Å². The van der Waals surface area contributed by atoms with Crippen molar-refractivity contribution in [3.8, 4) is 5.75 Å². The Morgan fingerprint density at radius 1 is 1.24 bits per heavy atom. The number of anilines is 1. The fraction of sp³-hybridized carbons (Fsp3) is 0.421. The molecule has 1 amide bonds. The predicted octanol–water partition coefficient (Wildman–Crippen LogP) is 2.37. The zero-order chi connectivity index (χ0) is 17.6. The Bertz CT molecular complexity index is 725. The number of methoxy groups -OCH3 is 1. The van der Waals surface area contributed by atoms with Crippen LogP contribution in [0.5, 0.6) is 5.75 Å². The van der Waals surface area contributed by atoms with Crippen LogP contribution in [0.25, 0.3) is 0 Å². The van der Waals surface area contributed by atoms with Crippen molar-refractivity contribution in [1.29, 1.82) is 0 Å². The van der Waals surface area contributed by atoms with E-state index in [4.69, 9.17) is 4.74 Å². The van der Waals surface area contributed by atoms with Crippen LogP contribution < -0.4 is 15.0 Å². The third-order valence-corrected chi connectivity index (χ3v) is 4.46. The highest BCUT2D eigenvalue weighted by Crippen LogP contribution is 2.17. The lowest BCUT2D eigenvalue weighted by Crippen LogP contribution is -2.28. The zero-order valence-electron chi connectivity index (χ0n) is 14.8. The van der Waals surface area contributed by atoms with Crippen molar-refractivity contribution in [2.24, 2.45) is 0 Å². The molecule has 132 valence electrons. The number of carbonyl (C=O) groups is 1. The van der Waals surface area contributed by atoms with Crippen LogP contribution in [0.3, 0.4) is 0 Å². The smallest absolute Gasteiger partial charge is 0.254 e. The maximum Gasteiger partial charge on any atom is 0.254 e. The van der Waals surface area contributed by atoms with Gasteiger partial charge in [-0.1, -0.05) is 12.1 Å². The molecule has 2 heterocycles. The summed E-state index contributed by atoms with van der Waals surface area (Å²) < 4.78 is 5.14. The molecule has 1 N–H and O–H groups in total. The topological polar surface area (TPSA) is 67.3 Å². The number of ether oxygens (including phenoxy) is 1. The third-order valence-electron chi connectivity index (χ3n) is 4.46. The number of amides is 1. The van der Waals surface area contributed by atoms with Gasteiger partial charge in [0.25, 0.3) is 5.91 Å². The fourth-order valence-electron chi connectivity index (χ4n) is 2.96. The van der Waals surface area contributed by atoms with E-state index in [0.717, 1.165) is 42.5 Å². The Morgan fingerprint density at radius 2 is 1.96 bits per heavy atom. The summed E-state index contributed by atoms with van der Waals surface area (Å²) in [5, 5.41) is 2.94. The van der Waals surface area contributed by atoms with Crippen molar-refractivity contribution in [3.05, 3.63) is 47.3 Å². The highest BCUT2D eigenvalue weighted by Gasteiger charge is 2.17. The summed E-state index contributed by atoms with van der Waals surface area (Å²) in [7, 11) is 1.65. The molecule has 25 heavy (non-hydrogen) atoms. The summed E-state index contributed by atoms with van der Waals surface area (Å²) in [6, 6.07) is 7.85. The standard InChI is InChI=1S/C19H24N4O2/c1-14-17(13-21-19(22-14)23-11-3-4-12-23)18(24)20-10-9-15-5-7-16(25-2)8-6-15/h5-8,13H,3-4,9-12H2,1-2H3,(H,20,24). The second kappa shape index (κ2) is 7.96. The van der Waals surface area contributed by atoms with Crippen molar-refractivity contribution in [2.75, 3.05) is 31.6 Å². The van der Waals surface area contributed by atoms with Gasteiger partial charge < -0.3 is 15.0 Å². The number of hydrogen-bond acceptors (Lipinski definition) is 5. The van der Waals surface area contributed by atoms with Gasteiger partial charge in [-0.2, -0.15) is 0 Å². The lowest BCUT2D eigenvalue weighted by atomic mass is 10.1. The molecule has 1 aromatic carbocycles. The van der Waals surface area contributed by atoms with E-state index in [1.807, 2.05) is 31.2 Å². The summed E-state index contributed by atoms with van der Waals surface area (Å²) in [6.07, 6.45) is 4.76. The molecule has 0 bridgehead atoms. The van der Waals surface area contributed by atoms with Crippen molar-refractivity contribution in [2.45, 2.75) is 26.2 Å². The van der Waals surface area contributed by atoms with E-state index in [9.17, 15) is 4.79 Å². The molecule has 1 aliphatic heterocycles. The van der Waals surface area contributed by atoms with Crippen molar-refractivity contribution >= 4 is 11.9 Å². The van der Waals surface area contributed by atoms with Gasteiger partial charge in [0.2, 0.25) is 5.95 Å². The Balaban J connectivity index is 1.55. The molecule has 0 unspecified atom stereocenters. The summed E-state index contributed by atoms with van der Waals surface area (Å²) in [4.78, 5) is 23.4. The van der Waals surface area contributed by atoms with E-state index in [0.29, 0.717) is 12.1 Å². The van der Waals surface area contributed by atoms with Crippen LogP contribution in [0.1, 0.15) is 34.5 Å². The van der Waals surface area contributed by atoms with Crippen molar-refractivity contribution in [3.63, 3.8) is 0 Å². The molecule has 0 saturated carbocycles. The van der Waals surface area contributed by atoms with Gasteiger partial charge in [-0.05, 0) is 43.9 Å². The van der Waals surface area contributed by atoms with Crippen LogP contribution >= 0.6 is 0 Å². The van der Waals surface area contributed by atoms with Crippen molar-refractivity contribution in [1.82, 2.24) is 15.3 Å². The van der Waals surface area contributed by atoms with Crippen LogP contribution in [0.15, 0.2) is 30.5 Å². The molecule has 0 atom stereocenters. The van der Waals surface area contributed by atoms with Gasteiger partial charge in [0.1, 0.15) is 5.75 Å². The van der Waals surface area contributed by atoms with Crippen LogP contribution in [-0.4, -0.2) is 42.6 Å². The quantitative estimate of drug-likeness (QED) is 0.874. The minimum absolute atomic E-state index is 0.126. The van der Waals surface area contributed by atoms with Crippen LogP contribution in [0.2, 0.25) is 0 Å². The molecule has 3 rings (SSSR count). The van der Waals surface area contributed by atoms with Gasteiger partial charge in [0.05, 0.1) is 18.4 Å². The van der Waals surface area contributed by atoms with Gasteiger partial charge in [-0.15, -0.1) is 0 Å². The molecule has 0 spiro atoms. The average molecular weight is 340 g/mol. The van der Waals surface area contributed by atoms with E-state index in [-0.39, 0.29) is 5.91 Å². The maximum atomic E-state index is 12.4. The molecular formula is C19H24N4O2. The van der Waals surface area contributed by atoms with E-state index in [1.165, 1.54) is 12.8 Å². The predicted molar refractivity (Wildman–Crippen MR) is 97.2 cm³/mol. The zero-order valence-corrected chi connectivity index (χ0v) is 14.8. The van der Waals surface area contributed by atoms with E-state index in [2.05, 4.69) is 20.2 Å². The molecule has 1 saturated heterocycles. The first-order valence-corrected chi connectivity index (χ1v) is 8.67. The second-order valence-electron chi connectivity index (χ2n) is 6.22. The SMILES string of the molecule is COc1ccc(CCNC(=O)c2cnc(N3CCCC3)nc2C)cc1. The molecule has 1 aliphatic rings. The summed E-state index contributed by atoms with van der Waals surface area (Å²) >= 11 is 0. The fourth-order valence-corrected chi connectivity index (χ4v) is 2.96. The molecule has 2 aromatic rings. The van der Waals surface area contributed by atoms with Gasteiger partial charge >= 0.3 is 0 Å². The number of hydrogen-bond donors (Lipinski definition) is 1. The number of aryl methyl sites for hydroxylation is 1. The number of benzene rings is 1. The first-order chi connectivity index (χ1) is 12.2. The lowest BCUT2D eigenvalue weighted by molar-refractivity contribution is 0.0952. The molecule has 0 aliphatic carbocycles. The van der Waals surface area contributed by atoms with E-state index < -0.39 is 0 Å². The first kappa shape index (κ1) is 17.2. The Labute approximate surface area is 148 Å². The number of nitrogens with zero attached hydrogens (tertiary/aromatic N) is 3. The van der Waals surface area contributed by atoms with Gasteiger partial charge in [0.15, 0.2) is 0 Å². The van der Waals surface area contributed by atoms with Gasteiger partial charge in [-0.3, -0.25) is 4.79 Å². The summed E-state index contributed by atoms with van der Waals surface area (Å²) in [5.74, 6) is 1.43. The largest absolute Gasteiger partial charge is 0.497 e. The molecular weight excluding hydrogens is 316 g/mol. The van der Waals surface area contributed by atoms with E-state index >= 15 is 0 Å². The van der Waals surface area contributed by atoms with E-state index in [1.54, 1.807) is 13.3 Å². The molecule has 1 fully saturated rings. The molecule has 1 aromatic heterocycles. The first-order valence-electron chi connectivity index (χ1n) is 8.67. The summed E-state index contributed by atoms with van der Waals surface area (Å²) in [6.45, 7) is 4.41. The normalized spacial score (nSPS) is 13.8. The Kier molecular flexibility index (Phi) is 5.48. The highest BCUT2D eigenvalue weighted by atomic mass is 16.5. The highest BCUT2D eigenvalue weighted by molar-refractivity contribution is 5.95. The number of rotatable bonds is 6. The number of nitrogens with one attached hydrogen (secondary N) is 1. The maximum absolute atomic E-state index is 12.4. The Hall–Kier alpha value is -2.63. The molecule has 6 nitrogen and oxygen atoms in total. The third kappa shape index (κ3) is 4.26. The Morgan fingerprint density at radius 3 is 2.60 bits per heavy atom. The second-order valence-corrected chi connectivity index (χ2v) is 6.22. The van der Waals surface area contributed by atoms with Gasteiger partial charge in [0, 0.05) is 25.8 Å². The van der Waals surface area contributed by atoms with Crippen LogP contribution in [-0.2, 0) is 6.42 Å². The summed E-state index contributed by atoms with van der Waals surface area (Å²) in [5.41, 5.74) is 2.41. The number of aromatic nitrogens is 2. The van der Waals surface area contributed by atoms with Gasteiger partial charge in [-0.25, -0.2) is 9.97 Å². The minimum Gasteiger partial charge on any atom is -0.497 e. The van der Waals surface area contributed by atoms with Crippen molar-refractivity contribution < 1.29 is 9.53 Å². The average Bonchev–Trinajstić information content (AvgIpc) is 3.17. The lowest BCUT2D eigenvalue weighted by Gasteiger charge is -2.16. The minimum atomic E-state index is -0.126. The molecule has 0 radical (unpaired) electrons. The van der Waals surface area contributed by atoms with Crippen LogP contribution in [0, 0.1) is 6.92 Å². The molecule has 6 heteroatoms.